The fourth-order valence-electron chi connectivity index (χ4n) is 1.77. The minimum Gasteiger partial charge on any atom is -0.493 e. The molecule has 18 heavy (non-hydrogen) atoms. The molecular weight excluding hydrogens is 233 g/mol. The van der Waals surface area contributed by atoms with Gasteiger partial charge in [-0.3, -0.25) is 0 Å². The lowest BCUT2D eigenvalue weighted by Crippen LogP contribution is -2.10. The Hall–Kier alpha value is -1.58. The van der Waals surface area contributed by atoms with E-state index in [2.05, 4.69) is 19.0 Å². The Kier molecular flexibility index (Phi) is 5.62. The predicted molar refractivity (Wildman–Crippen MR) is 70.0 cm³/mol. The molecule has 0 aromatic heterocycles. The molecule has 0 aliphatic rings. The molecule has 1 aromatic carbocycles. The number of nitrogens with zero attached hydrogens (tertiary/aromatic N) is 1. The van der Waals surface area contributed by atoms with Crippen LogP contribution in [0.3, 0.4) is 0 Å². The van der Waals surface area contributed by atoms with E-state index in [0.717, 1.165) is 12.8 Å². The molecule has 0 aliphatic carbocycles. The van der Waals surface area contributed by atoms with Gasteiger partial charge >= 0.3 is 0 Å². The summed E-state index contributed by atoms with van der Waals surface area (Å²) in [6, 6.07) is 4.22. The summed E-state index contributed by atoms with van der Waals surface area (Å²) in [6.45, 7) is 6.42. The number of hydrogen-bond donors (Lipinski definition) is 1. The molecule has 0 fully saturated rings. The summed E-state index contributed by atoms with van der Waals surface area (Å²) in [4.78, 5) is 0. The van der Waals surface area contributed by atoms with Crippen molar-refractivity contribution in [2.75, 3.05) is 6.61 Å². The minimum absolute atomic E-state index is 0.340. The Morgan fingerprint density at radius 1 is 1.50 bits per heavy atom. The first kappa shape index (κ1) is 14.5. The van der Waals surface area contributed by atoms with E-state index < -0.39 is 0 Å². The fourth-order valence-corrected chi connectivity index (χ4v) is 1.77. The molecule has 1 atom stereocenters. The van der Waals surface area contributed by atoms with Gasteiger partial charge in [0.05, 0.1) is 12.3 Å². The van der Waals surface area contributed by atoms with Crippen molar-refractivity contribution in [2.24, 2.45) is 11.1 Å². The number of oxime groups is 1. The van der Waals surface area contributed by atoms with E-state index in [9.17, 15) is 4.39 Å². The van der Waals surface area contributed by atoms with E-state index in [1.54, 1.807) is 13.0 Å². The summed E-state index contributed by atoms with van der Waals surface area (Å²) in [6.07, 6.45) is 2.20. The van der Waals surface area contributed by atoms with Gasteiger partial charge in [0.15, 0.2) is 0 Å². The quantitative estimate of drug-likeness (QED) is 0.475. The SMILES string of the molecule is CCCC(C)COc1ccc(F)cc1C(C)=NO. The van der Waals surface area contributed by atoms with Crippen LogP contribution in [-0.4, -0.2) is 17.5 Å². The highest BCUT2D eigenvalue weighted by atomic mass is 19.1. The number of rotatable bonds is 6. The monoisotopic (exact) mass is 253 g/mol. The Labute approximate surface area is 107 Å². The Morgan fingerprint density at radius 2 is 2.22 bits per heavy atom. The van der Waals surface area contributed by atoms with Crippen LogP contribution in [-0.2, 0) is 0 Å². The molecule has 1 rings (SSSR count). The average Bonchev–Trinajstić information content (AvgIpc) is 2.36. The van der Waals surface area contributed by atoms with Gasteiger partial charge in [-0.2, -0.15) is 0 Å². The third-order valence-electron chi connectivity index (χ3n) is 2.79. The summed E-state index contributed by atoms with van der Waals surface area (Å²) in [5, 5.41) is 11.9. The summed E-state index contributed by atoms with van der Waals surface area (Å²) in [5.41, 5.74) is 0.828. The van der Waals surface area contributed by atoms with Crippen molar-refractivity contribution in [3.05, 3.63) is 29.6 Å². The van der Waals surface area contributed by atoms with Crippen molar-refractivity contribution in [3.63, 3.8) is 0 Å². The highest BCUT2D eigenvalue weighted by molar-refractivity contribution is 6.00. The second-order valence-electron chi connectivity index (χ2n) is 4.53. The lowest BCUT2D eigenvalue weighted by atomic mass is 10.1. The van der Waals surface area contributed by atoms with E-state index in [4.69, 9.17) is 9.94 Å². The predicted octanol–water partition coefficient (Wildman–Crippen LogP) is 3.84. The minimum atomic E-state index is -0.373. The van der Waals surface area contributed by atoms with Gasteiger partial charge < -0.3 is 9.94 Å². The van der Waals surface area contributed by atoms with E-state index >= 15 is 0 Å². The molecule has 0 saturated carbocycles. The number of ether oxygens (including phenoxy) is 1. The first-order valence-electron chi connectivity index (χ1n) is 6.19. The third kappa shape index (κ3) is 4.02. The van der Waals surface area contributed by atoms with Gasteiger partial charge in [-0.05, 0) is 37.5 Å². The van der Waals surface area contributed by atoms with Crippen LogP contribution in [0.1, 0.15) is 39.2 Å². The van der Waals surface area contributed by atoms with Crippen molar-refractivity contribution in [1.29, 1.82) is 0 Å². The van der Waals surface area contributed by atoms with Crippen LogP contribution in [0.25, 0.3) is 0 Å². The van der Waals surface area contributed by atoms with Gasteiger partial charge in [-0.15, -0.1) is 0 Å². The zero-order valence-electron chi connectivity index (χ0n) is 11.1. The maximum atomic E-state index is 13.2. The Balaban J connectivity index is 2.82. The Morgan fingerprint density at radius 3 is 2.83 bits per heavy atom. The van der Waals surface area contributed by atoms with Gasteiger partial charge in [0.2, 0.25) is 0 Å². The van der Waals surface area contributed by atoms with Crippen LogP contribution in [0.15, 0.2) is 23.4 Å². The van der Waals surface area contributed by atoms with Crippen molar-refractivity contribution in [2.45, 2.75) is 33.6 Å². The molecule has 0 heterocycles. The van der Waals surface area contributed by atoms with Crippen LogP contribution < -0.4 is 4.74 Å². The number of benzene rings is 1. The molecular formula is C14H20FNO2. The summed E-state index contributed by atoms with van der Waals surface area (Å²) in [7, 11) is 0. The fraction of sp³-hybridized carbons (Fsp3) is 0.500. The van der Waals surface area contributed by atoms with Crippen molar-refractivity contribution in [1.82, 2.24) is 0 Å². The van der Waals surface area contributed by atoms with Crippen molar-refractivity contribution >= 4 is 5.71 Å². The first-order valence-corrected chi connectivity index (χ1v) is 6.19. The van der Waals surface area contributed by atoms with Gasteiger partial charge in [0.25, 0.3) is 0 Å². The van der Waals surface area contributed by atoms with Crippen molar-refractivity contribution in [3.8, 4) is 5.75 Å². The normalized spacial score (nSPS) is 13.4. The smallest absolute Gasteiger partial charge is 0.128 e. The third-order valence-corrected chi connectivity index (χ3v) is 2.79. The molecule has 0 saturated heterocycles. The van der Waals surface area contributed by atoms with Gasteiger partial charge in [-0.25, -0.2) is 4.39 Å². The summed E-state index contributed by atoms with van der Waals surface area (Å²) < 4.78 is 18.8. The number of hydrogen-bond acceptors (Lipinski definition) is 3. The van der Waals surface area contributed by atoms with Crippen LogP contribution in [0.5, 0.6) is 5.75 Å². The molecule has 0 spiro atoms. The van der Waals surface area contributed by atoms with E-state index in [1.807, 2.05) is 0 Å². The topological polar surface area (TPSA) is 41.8 Å². The van der Waals surface area contributed by atoms with Crippen LogP contribution in [0, 0.1) is 11.7 Å². The average molecular weight is 253 g/mol. The molecule has 0 bridgehead atoms. The van der Waals surface area contributed by atoms with Crippen LogP contribution in [0.4, 0.5) is 4.39 Å². The second kappa shape index (κ2) is 6.99. The summed E-state index contributed by atoms with van der Waals surface area (Å²) >= 11 is 0. The maximum absolute atomic E-state index is 13.2. The number of halogens is 1. The molecule has 1 aromatic rings. The molecule has 1 unspecified atom stereocenters. The molecule has 0 amide bonds. The van der Waals surface area contributed by atoms with Crippen molar-refractivity contribution < 1.29 is 14.3 Å². The van der Waals surface area contributed by atoms with E-state index in [0.29, 0.717) is 29.5 Å². The molecule has 100 valence electrons. The lowest BCUT2D eigenvalue weighted by molar-refractivity contribution is 0.250. The Bertz CT molecular complexity index is 418. The van der Waals surface area contributed by atoms with E-state index in [-0.39, 0.29) is 5.82 Å². The van der Waals surface area contributed by atoms with Gasteiger partial charge in [-0.1, -0.05) is 25.4 Å². The van der Waals surface area contributed by atoms with Gasteiger partial charge in [0, 0.05) is 5.56 Å². The highest BCUT2D eigenvalue weighted by Crippen LogP contribution is 2.22. The zero-order valence-corrected chi connectivity index (χ0v) is 11.1. The first-order chi connectivity index (χ1) is 8.58. The molecule has 3 nitrogen and oxygen atoms in total. The lowest BCUT2D eigenvalue weighted by Gasteiger charge is -2.14. The molecule has 1 N–H and O–H groups in total. The van der Waals surface area contributed by atoms with Crippen LogP contribution in [0.2, 0.25) is 0 Å². The van der Waals surface area contributed by atoms with Crippen LogP contribution >= 0.6 is 0 Å². The molecule has 0 aliphatic heterocycles. The molecule has 0 radical (unpaired) electrons. The standard InChI is InChI=1S/C14H20FNO2/c1-4-5-10(2)9-18-14-7-6-12(15)8-13(14)11(3)16-17/h6-8,10,17H,4-5,9H2,1-3H3. The molecule has 4 heteroatoms. The zero-order chi connectivity index (χ0) is 13.5. The largest absolute Gasteiger partial charge is 0.493 e. The second-order valence-corrected chi connectivity index (χ2v) is 4.53. The maximum Gasteiger partial charge on any atom is 0.128 e. The van der Waals surface area contributed by atoms with E-state index in [1.165, 1.54) is 12.1 Å². The summed E-state index contributed by atoms with van der Waals surface area (Å²) in [5.74, 6) is 0.621. The highest BCUT2D eigenvalue weighted by Gasteiger charge is 2.10. The van der Waals surface area contributed by atoms with Gasteiger partial charge in [0.1, 0.15) is 11.6 Å².